The van der Waals surface area contributed by atoms with E-state index in [1.165, 1.54) is 17.3 Å². The van der Waals surface area contributed by atoms with E-state index in [4.69, 9.17) is 12.2 Å². The van der Waals surface area contributed by atoms with E-state index in [-0.39, 0.29) is 12.3 Å². The van der Waals surface area contributed by atoms with E-state index >= 15 is 0 Å². The molecule has 6 heteroatoms. The maximum atomic E-state index is 12.5. The molecular weight excluding hydrogens is 342 g/mol. The van der Waals surface area contributed by atoms with E-state index < -0.39 is 5.97 Å². The molecule has 1 saturated heterocycles. The average molecular weight is 362 g/mol. The summed E-state index contributed by atoms with van der Waals surface area (Å²) in [5.41, 5.74) is 3.34. The number of carbonyl (C=O) groups excluding carboxylic acids is 2. The second-order valence-electron chi connectivity index (χ2n) is 5.88. The highest BCUT2D eigenvalue weighted by atomic mass is 32.2. The minimum absolute atomic E-state index is 0.0605. The number of unbranched alkanes of at least 4 members (excludes halogenated alkanes) is 2. The monoisotopic (exact) mass is 362 g/mol. The Hall–Kier alpha value is -1.66. The summed E-state index contributed by atoms with van der Waals surface area (Å²) in [4.78, 5) is 25.1. The number of benzene rings is 1. The fraction of sp³-hybridized carbons (Fsp3) is 0.389. The van der Waals surface area contributed by atoms with E-state index in [1.54, 1.807) is 4.90 Å². The Morgan fingerprint density at radius 3 is 2.71 bits per heavy atom. The van der Waals surface area contributed by atoms with Crippen LogP contribution in [0.5, 0.6) is 0 Å². The fourth-order valence-corrected chi connectivity index (χ4v) is 3.84. The van der Waals surface area contributed by atoms with Crippen LogP contribution in [0.15, 0.2) is 23.1 Å². The summed E-state index contributed by atoms with van der Waals surface area (Å²) in [6.45, 7) is 4.59. The van der Waals surface area contributed by atoms with Gasteiger partial charge in [-0.25, -0.2) is 0 Å². The van der Waals surface area contributed by atoms with Gasteiger partial charge in [0.1, 0.15) is 4.32 Å². The maximum Gasteiger partial charge on any atom is 0.266 e. The molecular formula is C18H20NO3S2-. The Morgan fingerprint density at radius 2 is 2.04 bits per heavy atom. The molecule has 0 unspecified atom stereocenters. The molecule has 4 nitrogen and oxygen atoms in total. The standard InChI is InChI=1S/C18H21NO3S2/c1-12-7-8-14(13(2)10-12)11-15-17(22)19(18(23)24-15)9-5-3-4-6-16(20)21/h7-8,10-11H,3-6,9H2,1-2H3,(H,20,21)/p-1/b15-11-. The summed E-state index contributed by atoms with van der Waals surface area (Å²) in [5.74, 6) is -1.10. The first-order valence-electron chi connectivity index (χ1n) is 7.91. The molecule has 0 aromatic heterocycles. The van der Waals surface area contributed by atoms with Crippen LogP contribution in [-0.2, 0) is 9.59 Å². The van der Waals surface area contributed by atoms with Gasteiger partial charge in [-0.3, -0.25) is 9.69 Å². The number of rotatable bonds is 7. The van der Waals surface area contributed by atoms with Crippen LogP contribution in [0.3, 0.4) is 0 Å². The highest BCUT2D eigenvalue weighted by Gasteiger charge is 2.31. The summed E-state index contributed by atoms with van der Waals surface area (Å²) < 4.78 is 0.566. The van der Waals surface area contributed by atoms with Crippen molar-refractivity contribution >= 4 is 46.3 Å². The summed E-state index contributed by atoms with van der Waals surface area (Å²) >= 11 is 6.63. The number of hydrogen-bond donors (Lipinski definition) is 0. The number of carboxylic acid groups (broad SMARTS) is 1. The first kappa shape index (κ1) is 18.7. The number of aryl methyl sites for hydroxylation is 2. The van der Waals surface area contributed by atoms with Gasteiger partial charge in [0.15, 0.2) is 0 Å². The number of amides is 1. The highest BCUT2D eigenvalue weighted by Crippen LogP contribution is 2.33. The molecule has 1 aromatic carbocycles. The third-order valence-electron chi connectivity index (χ3n) is 3.85. The minimum Gasteiger partial charge on any atom is -0.550 e. The predicted molar refractivity (Wildman–Crippen MR) is 99.3 cm³/mol. The Kier molecular flexibility index (Phi) is 6.57. The number of thioether (sulfide) groups is 1. The van der Waals surface area contributed by atoms with Crippen molar-refractivity contribution in [2.75, 3.05) is 6.54 Å². The molecule has 0 aliphatic carbocycles. The third kappa shape index (κ3) is 4.92. The molecule has 1 aliphatic heterocycles. The topological polar surface area (TPSA) is 60.4 Å². The normalized spacial score (nSPS) is 16.2. The SMILES string of the molecule is Cc1ccc(/C=C2\SC(=S)N(CCCCCC(=O)[O-])C2=O)c(C)c1. The molecule has 1 amide bonds. The number of aliphatic carboxylic acids is 1. The molecule has 0 saturated carbocycles. The van der Waals surface area contributed by atoms with E-state index in [2.05, 4.69) is 6.07 Å². The lowest BCUT2D eigenvalue weighted by atomic mass is 10.1. The van der Waals surface area contributed by atoms with Gasteiger partial charge in [-0.05, 0) is 50.3 Å². The van der Waals surface area contributed by atoms with Crippen LogP contribution < -0.4 is 5.11 Å². The van der Waals surface area contributed by atoms with Crippen molar-refractivity contribution in [3.05, 3.63) is 39.8 Å². The van der Waals surface area contributed by atoms with Crippen LogP contribution >= 0.6 is 24.0 Å². The van der Waals surface area contributed by atoms with Gasteiger partial charge in [-0.2, -0.15) is 0 Å². The molecule has 128 valence electrons. The zero-order valence-corrected chi connectivity index (χ0v) is 15.5. The van der Waals surface area contributed by atoms with Crippen molar-refractivity contribution < 1.29 is 14.7 Å². The van der Waals surface area contributed by atoms with E-state index in [0.717, 1.165) is 24.0 Å². The summed E-state index contributed by atoms with van der Waals surface area (Å²) in [5, 5.41) is 10.4. The number of nitrogens with zero attached hydrogens (tertiary/aromatic N) is 1. The van der Waals surface area contributed by atoms with Crippen molar-refractivity contribution in [2.24, 2.45) is 0 Å². The number of hydrogen-bond acceptors (Lipinski definition) is 5. The molecule has 1 heterocycles. The molecule has 1 aromatic rings. The molecule has 0 radical (unpaired) electrons. The van der Waals surface area contributed by atoms with Crippen molar-refractivity contribution in [1.29, 1.82) is 0 Å². The van der Waals surface area contributed by atoms with Gasteiger partial charge in [0, 0.05) is 12.5 Å². The lowest BCUT2D eigenvalue weighted by Crippen LogP contribution is -2.29. The molecule has 0 N–H and O–H groups in total. The number of carbonyl (C=O) groups is 2. The first-order valence-corrected chi connectivity index (χ1v) is 9.13. The Labute approximate surface area is 151 Å². The van der Waals surface area contributed by atoms with E-state index in [0.29, 0.717) is 22.2 Å². The fourth-order valence-electron chi connectivity index (χ4n) is 2.54. The van der Waals surface area contributed by atoms with Crippen molar-refractivity contribution in [1.82, 2.24) is 4.90 Å². The smallest absolute Gasteiger partial charge is 0.266 e. The van der Waals surface area contributed by atoms with Gasteiger partial charge in [-0.15, -0.1) is 0 Å². The predicted octanol–water partition coefficient (Wildman–Crippen LogP) is 2.81. The Morgan fingerprint density at radius 1 is 1.29 bits per heavy atom. The number of carboxylic acids is 1. The van der Waals surface area contributed by atoms with Crippen LogP contribution in [0, 0.1) is 13.8 Å². The highest BCUT2D eigenvalue weighted by molar-refractivity contribution is 8.26. The van der Waals surface area contributed by atoms with Crippen LogP contribution in [-0.4, -0.2) is 27.6 Å². The molecule has 1 aliphatic rings. The quantitative estimate of drug-likeness (QED) is 0.424. The maximum absolute atomic E-state index is 12.5. The Bertz CT molecular complexity index is 698. The minimum atomic E-state index is -1.03. The van der Waals surface area contributed by atoms with Crippen molar-refractivity contribution in [3.63, 3.8) is 0 Å². The summed E-state index contributed by atoms with van der Waals surface area (Å²) in [7, 11) is 0. The van der Waals surface area contributed by atoms with Gasteiger partial charge in [-0.1, -0.05) is 54.2 Å². The molecule has 0 atom stereocenters. The summed E-state index contributed by atoms with van der Waals surface area (Å²) in [6.07, 6.45) is 3.99. The van der Waals surface area contributed by atoms with Gasteiger partial charge >= 0.3 is 0 Å². The third-order valence-corrected chi connectivity index (χ3v) is 5.23. The summed E-state index contributed by atoms with van der Waals surface area (Å²) in [6, 6.07) is 6.12. The van der Waals surface area contributed by atoms with Gasteiger partial charge < -0.3 is 9.90 Å². The van der Waals surface area contributed by atoms with Crippen LogP contribution in [0.25, 0.3) is 6.08 Å². The van der Waals surface area contributed by atoms with Crippen LogP contribution in [0.4, 0.5) is 0 Å². The molecule has 0 bridgehead atoms. The molecule has 0 spiro atoms. The van der Waals surface area contributed by atoms with Crippen molar-refractivity contribution in [2.45, 2.75) is 39.5 Å². The second-order valence-corrected chi connectivity index (χ2v) is 7.55. The lowest BCUT2D eigenvalue weighted by Gasteiger charge is -2.14. The van der Waals surface area contributed by atoms with Crippen molar-refractivity contribution in [3.8, 4) is 0 Å². The van der Waals surface area contributed by atoms with E-state index in [9.17, 15) is 14.7 Å². The second kappa shape index (κ2) is 8.44. The number of thiocarbonyl (C=S) groups is 1. The van der Waals surface area contributed by atoms with Gasteiger partial charge in [0.25, 0.3) is 5.91 Å². The largest absolute Gasteiger partial charge is 0.550 e. The van der Waals surface area contributed by atoms with Crippen LogP contribution in [0.2, 0.25) is 0 Å². The van der Waals surface area contributed by atoms with E-state index in [1.807, 2.05) is 32.1 Å². The molecule has 1 fully saturated rings. The van der Waals surface area contributed by atoms with Gasteiger partial charge in [0.05, 0.1) is 4.91 Å². The lowest BCUT2D eigenvalue weighted by molar-refractivity contribution is -0.305. The average Bonchev–Trinajstić information content (AvgIpc) is 2.76. The zero-order valence-electron chi connectivity index (χ0n) is 13.8. The van der Waals surface area contributed by atoms with Gasteiger partial charge in [0.2, 0.25) is 0 Å². The first-order chi connectivity index (χ1) is 11.4. The Balaban J connectivity index is 1.98. The molecule has 24 heavy (non-hydrogen) atoms. The van der Waals surface area contributed by atoms with Crippen LogP contribution in [0.1, 0.15) is 42.4 Å². The molecule has 2 rings (SSSR count). The zero-order chi connectivity index (χ0) is 17.7.